The molecule has 1 amide bonds. The summed E-state index contributed by atoms with van der Waals surface area (Å²) in [7, 11) is 0. The van der Waals surface area contributed by atoms with Crippen molar-refractivity contribution in [2.75, 3.05) is 6.61 Å². The molecule has 0 saturated heterocycles. The van der Waals surface area contributed by atoms with Crippen LogP contribution in [0.25, 0.3) is 0 Å². The Labute approximate surface area is 130 Å². The maximum Gasteiger partial charge on any atom is 0.277 e. The molecule has 0 fully saturated rings. The van der Waals surface area contributed by atoms with Crippen molar-refractivity contribution < 1.29 is 9.53 Å². The number of carbonyl (C=O) groups excluding carboxylic acids is 1. The SMILES string of the molecule is Cc1ccc(OCC(=O)NN=CCCc2ccccc2)cc1. The molecule has 22 heavy (non-hydrogen) atoms. The zero-order valence-corrected chi connectivity index (χ0v) is 12.7. The van der Waals surface area contributed by atoms with Gasteiger partial charge in [-0.15, -0.1) is 0 Å². The highest BCUT2D eigenvalue weighted by Gasteiger charge is 2.00. The zero-order valence-electron chi connectivity index (χ0n) is 12.7. The van der Waals surface area contributed by atoms with Gasteiger partial charge in [0, 0.05) is 6.21 Å². The monoisotopic (exact) mass is 296 g/mol. The molecule has 0 unspecified atom stereocenters. The number of rotatable bonds is 7. The van der Waals surface area contributed by atoms with Crippen LogP contribution in [-0.2, 0) is 11.2 Å². The van der Waals surface area contributed by atoms with Gasteiger partial charge in [0.25, 0.3) is 5.91 Å². The standard InChI is InChI=1S/C18H20N2O2/c1-15-9-11-17(12-10-15)22-14-18(21)20-19-13-5-8-16-6-3-2-4-7-16/h2-4,6-7,9-13H,5,8,14H2,1H3,(H,20,21). The van der Waals surface area contributed by atoms with Crippen molar-refractivity contribution in [1.82, 2.24) is 5.43 Å². The Hall–Kier alpha value is -2.62. The molecule has 0 spiro atoms. The predicted octanol–water partition coefficient (Wildman–Crippen LogP) is 3.11. The molecule has 4 nitrogen and oxygen atoms in total. The van der Waals surface area contributed by atoms with Gasteiger partial charge in [-0.1, -0.05) is 48.0 Å². The van der Waals surface area contributed by atoms with Crippen LogP contribution in [-0.4, -0.2) is 18.7 Å². The summed E-state index contributed by atoms with van der Waals surface area (Å²) in [6.45, 7) is 1.96. The van der Waals surface area contributed by atoms with Gasteiger partial charge in [-0.2, -0.15) is 5.10 Å². The lowest BCUT2D eigenvalue weighted by atomic mass is 10.1. The van der Waals surface area contributed by atoms with Crippen molar-refractivity contribution in [3.8, 4) is 5.75 Å². The fraction of sp³-hybridized carbons (Fsp3) is 0.222. The number of nitrogens with zero attached hydrogens (tertiary/aromatic N) is 1. The van der Waals surface area contributed by atoms with E-state index in [0.29, 0.717) is 5.75 Å². The first-order chi connectivity index (χ1) is 10.7. The third-order valence-corrected chi connectivity index (χ3v) is 3.08. The predicted molar refractivity (Wildman–Crippen MR) is 88.1 cm³/mol. The Kier molecular flexibility index (Phi) is 6.18. The third kappa shape index (κ3) is 5.79. The first-order valence-corrected chi connectivity index (χ1v) is 7.28. The molecule has 0 aliphatic heterocycles. The Morgan fingerprint density at radius 1 is 1.14 bits per heavy atom. The maximum atomic E-state index is 11.6. The largest absolute Gasteiger partial charge is 0.484 e. The van der Waals surface area contributed by atoms with Crippen LogP contribution in [0.4, 0.5) is 0 Å². The van der Waals surface area contributed by atoms with Crippen LogP contribution in [0.2, 0.25) is 0 Å². The molecule has 0 bridgehead atoms. The molecule has 0 heterocycles. The normalized spacial score (nSPS) is 10.6. The second kappa shape index (κ2) is 8.62. The van der Waals surface area contributed by atoms with Gasteiger partial charge in [0.2, 0.25) is 0 Å². The quantitative estimate of drug-likeness (QED) is 0.630. The molecule has 4 heteroatoms. The highest BCUT2D eigenvalue weighted by molar-refractivity contribution is 5.78. The van der Waals surface area contributed by atoms with Crippen molar-refractivity contribution in [2.24, 2.45) is 5.10 Å². The molecule has 2 aromatic rings. The van der Waals surface area contributed by atoms with E-state index in [2.05, 4.69) is 22.7 Å². The Balaban J connectivity index is 1.63. The van der Waals surface area contributed by atoms with E-state index >= 15 is 0 Å². The molecule has 2 aromatic carbocycles. The third-order valence-electron chi connectivity index (χ3n) is 3.08. The van der Waals surface area contributed by atoms with Crippen LogP contribution in [0, 0.1) is 6.92 Å². The van der Waals surface area contributed by atoms with Crippen molar-refractivity contribution in [3.63, 3.8) is 0 Å². The van der Waals surface area contributed by atoms with Crippen LogP contribution in [0.3, 0.4) is 0 Å². The molecule has 0 aliphatic carbocycles. The minimum Gasteiger partial charge on any atom is -0.484 e. The average molecular weight is 296 g/mol. The summed E-state index contributed by atoms with van der Waals surface area (Å²) in [4.78, 5) is 11.6. The highest BCUT2D eigenvalue weighted by atomic mass is 16.5. The Morgan fingerprint density at radius 3 is 2.59 bits per heavy atom. The number of hydrogen-bond acceptors (Lipinski definition) is 3. The van der Waals surface area contributed by atoms with Crippen LogP contribution in [0.5, 0.6) is 5.75 Å². The van der Waals surface area contributed by atoms with Gasteiger partial charge in [-0.25, -0.2) is 5.43 Å². The minimum absolute atomic E-state index is 0.0426. The summed E-state index contributed by atoms with van der Waals surface area (Å²) in [6, 6.07) is 17.7. The molecule has 0 aliphatic rings. The van der Waals surface area contributed by atoms with E-state index in [0.717, 1.165) is 18.4 Å². The smallest absolute Gasteiger partial charge is 0.277 e. The summed E-state index contributed by atoms with van der Waals surface area (Å²) in [5, 5.41) is 3.91. The summed E-state index contributed by atoms with van der Waals surface area (Å²) in [5.41, 5.74) is 4.86. The fourth-order valence-electron chi connectivity index (χ4n) is 1.87. The summed E-state index contributed by atoms with van der Waals surface area (Å²) in [5.74, 6) is 0.408. The van der Waals surface area contributed by atoms with Crippen LogP contribution < -0.4 is 10.2 Å². The molecule has 1 N–H and O–H groups in total. The molecule has 0 aromatic heterocycles. The van der Waals surface area contributed by atoms with Crippen molar-refractivity contribution in [2.45, 2.75) is 19.8 Å². The summed E-state index contributed by atoms with van der Waals surface area (Å²) in [6.07, 6.45) is 3.39. The number of amides is 1. The van der Waals surface area contributed by atoms with Crippen molar-refractivity contribution >= 4 is 12.1 Å². The fourth-order valence-corrected chi connectivity index (χ4v) is 1.87. The second-order valence-corrected chi connectivity index (χ2v) is 4.97. The molecule has 0 saturated carbocycles. The summed E-state index contributed by atoms with van der Waals surface area (Å²) < 4.78 is 5.36. The molecular formula is C18H20N2O2. The lowest BCUT2D eigenvalue weighted by Crippen LogP contribution is -2.24. The van der Waals surface area contributed by atoms with Crippen LogP contribution in [0.1, 0.15) is 17.5 Å². The van der Waals surface area contributed by atoms with E-state index in [1.54, 1.807) is 6.21 Å². The first-order valence-electron chi connectivity index (χ1n) is 7.28. The lowest BCUT2D eigenvalue weighted by Gasteiger charge is -2.05. The van der Waals surface area contributed by atoms with E-state index in [4.69, 9.17) is 4.74 Å². The molecule has 114 valence electrons. The van der Waals surface area contributed by atoms with Crippen LogP contribution >= 0.6 is 0 Å². The molecule has 0 atom stereocenters. The number of carbonyl (C=O) groups is 1. The average Bonchev–Trinajstić information content (AvgIpc) is 2.55. The number of hydrogen-bond donors (Lipinski definition) is 1. The second-order valence-electron chi connectivity index (χ2n) is 4.97. The van der Waals surface area contributed by atoms with E-state index in [9.17, 15) is 4.79 Å². The number of aryl methyl sites for hydroxylation is 2. The van der Waals surface area contributed by atoms with Gasteiger partial charge in [0.1, 0.15) is 5.75 Å². The zero-order chi connectivity index (χ0) is 15.6. The first kappa shape index (κ1) is 15.8. The van der Waals surface area contributed by atoms with Gasteiger partial charge >= 0.3 is 0 Å². The van der Waals surface area contributed by atoms with E-state index in [1.807, 2.05) is 49.4 Å². The van der Waals surface area contributed by atoms with E-state index < -0.39 is 0 Å². The molecular weight excluding hydrogens is 276 g/mol. The van der Waals surface area contributed by atoms with Gasteiger partial charge in [0.15, 0.2) is 6.61 Å². The van der Waals surface area contributed by atoms with Crippen molar-refractivity contribution in [3.05, 3.63) is 65.7 Å². The number of ether oxygens (including phenoxy) is 1. The van der Waals surface area contributed by atoms with Gasteiger partial charge in [-0.05, 0) is 37.5 Å². The Bertz CT molecular complexity index is 607. The molecule has 0 radical (unpaired) electrons. The van der Waals surface area contributed by atoms with Crippen LogP contribution in [0.15, 0.2) is 59.7 Å². The number of hydrazone groups is 1. The van der Waals surface area contributed by atoms with E-state index in [-0.39, 0.29) is 12.5 Å². The number of nitrogens with one attached hydrogen (secondary N) is 1. The maximum absolute atomic E-state index is 11.6. The van der Waals surface area contributed by atoms with Gasteiger partial charge in [-0.3, -0.25) is 4.79 Å². The lowest BCUT2D eigenvalue weighted by molar-refractivity contribution is -0.123. The van der Waals surface area contributed by atoms with E-state index in [1.165, 1.54) is 5.56 Å². The van der Waals surface area contributed by atoms with Crippen molar-refractivity contribution in [1.29, 1.82) is 0 Å². The molecule has 2 rings (SSSR count). The minimum atomic E-state index is -0.267. The highest BCUT2D eigenvalue weighted by Crippen LogP contribution is 2.10. The van der Waals surface area contributed by atoms with Gasteiger partial charge in [0.05, 0.1) is 0 Å². The van der Waals surface area contributed by atoms with Gasteiger partial charge < -0.3 is 4.74 Å². The number of benzene rings is 2. The summed E-state index contributed by atoms with van der Waals surface area (Å²) >= 11 is 0. The topological polar surface area (TPSA) is 50.7 Å². The Morgan fingerprint density at radius 2 is 1.86 bits per heavy atom.